The van der Waals surface area contributed by atoms with Crippen LogP contribution in [-0.2, 0) is 19.2 Å². The predicted molar refractivity (Wildman–Crippen MR) is 107 cm³/mol. The van der Waals surface area contributed by atoms with Crippen molar-refractivity contribution in [3.63, 3.8) is 0 Å². The summed E-state index contributed by atoms with van der Waals surface area (Å²) in [4.78, 5) is 51.4. The fourth-order valence-electron chi connectivity index (χ4n) is 3.19. The number of carbonyl (C=O) groups excluding carboxylic acids is 2. The highest BCUT2D eigenvalue weighted by molar-refractivity contribution is 8.00. The average Bonchev–Trinajstić information content (AvgIpc) is 3.53. The smallest absolute Gasteiger partial charge is 0.352 e. The number of β-lactam (4-membered cyclic amide) rings is 1. The van der Waals surface area contributed by atoms with Crippen LogP contribution in [0.2, 0.25) is 0 Å². The van der Waals surface area contributed by atoms with E-state index in [1.54, 1.807) is 6.92 Å². The maximum atomic E-state index is 12.9. The highest BCUT2D eigenvalue weighted by Gasteiger charge is 2.54. The minimum atomic E-state index is -1.16. The Hall–Kier alpha value is -3.15. The molecule has 12 heteroatoms. The Bertz CT molecular complexity index is 976. The van der Waals surface area contributed by atoms with E-state index in [0.717, 1.165) is 12.8 Å². The molecule has 3 heterocycles. The summed E-state index contributed by atoms with van der Waals surface area (Å²) in [6, 6.07) is 0.589. The van der Waals surface area contributed by atoms with Gasteiger partial charge in [-0.1, -0.05) is 5.16 Å². The molecule has 30 heavy (non-hydrogen) atoms. The Morgan fingerprint density at radius 1 is 1.47 bits per heavy atom. The number of nitrogens with one attached hydrogen (secondary N) is 1. The van der Waals surface area contributed by atoms with E-state index in [0.29, 0.717) is 23.9 Å². The second-order valence-corrected chi connectivity index (χ2v) is 8.38. The van der Waals surface area contributed by atoms with Crippen molar-refractivity contribution in [2.45, 2.75) is 31.2 Å². The zero-order valence-corrected chi connectivity index (χ0v) is 16.9. The Morgan fingerprint density at radius 3 is 2.90 bits per heavy atom. The van der Waals surface area contributed by atoms with E-state index in [-0.39, 0.29) is 23.1 Å². The van der Waals surface area contributed by atoms with Gasteiger partial charge in [-0.3, -0.25) is 14.5 Å². The molecule has 0 radical (unpaired) electrons. The second kappa shape index (κ2) is 7.94. The van der Waals surface area contributed by atoms with Gasteiger partial charge in [0.05, 0.1) is 0 Å². The first kappa shape index (κ1) is 20.1. The quantitative estimate of drug-likeness (QED) is 0.305. The minimum Gasteiger partial charge on any atom is -0.477 e. The van der Waals surface area contributed by atoms with E-state index in [1.807, 2.05) is 0 Å². The second-order valence-electron chi connectivity index (χ2n) is 7.27. The van der Waals surface area contributed by atoms with E-state index in [1.165, 1.54) is 28.9 Å². The molecule has 1 saturated heterocycles. The molecule has 0 bridgehead atoms. The molecule has 2 atom stereocenters. The highest BCUT2D eigenvalue weighted by Crippen LogP contribution is 2.40. The molecule has 11 nitrogen and oxygen atoms in total. The summed E-state index contributed by atoms with van der Waals surface area (Å²) in [5, 5.41) is 15.5. The number of rotatable bonds is 7. The van der Waals surface area contributed by atoms with E-state index in [4.69, 9.17) is 10.6 Å². The van der Waals surface area contributed by atoms with Crippen molar-refractivity contribution in [3.05, 3.63) is 29.2 Å². The third-order valence-electron chi connectivity index (χ3n) is 4.94. The van der Waals surface area contributed by atoms with Crippen LogP contribution in [-0.4, -0.2) is 67.2 Å². The zero-order valence-electron chi connectivity index (χ0n) is 16.1. The Balaban J connectivity index is 1.51. The Morgan fingerprint density at radius 2 is 2.23 bits per heavy atom. The highest BCUT2D eigenvalue weighted by atomic mass is 32.2. The molecule has 4 rings (SSSR count). The van der Waals surface area contributed by atoms with Gasteiger partial charge in [-0.05, 0) is 37.3 Å². The molecular formula is C18H20N6O5S. The van der Waals surface area contributed by atoms with Gasteiger partial charge in [0.1, 0.15) is 29.4 Å². The molecule has 1 saturated carbocycles. The maximum Gasteiger partial charge on any atom is 0.352 e. The van der Waals surface area contributed by atoms with Crippen LogP contribution in [0.3, 0.4) is 0 Å². The number of nitrogens with zero attached hydrogens (tertiary/aromatic N) is 4. The first-order valence-corrected chi connectivity index (χ1v) is 10.4. The first-order chi connectivity index (χ1) is 14.4. The number of nitrogens with two attached hydrogens (primary N) is 1. The molecule has 2 fully saturated rings. The fourth-order valence-corrected chi connectivity index (χ4v) is 4.48. The summed E-state index contributed by atoms with van der Waals surface area (Å²) >= 11 is 1.39. The number of carboxylic acids is 1. The molecule has 1 aromatic rings. The van der Waals surface area contributed by atoms with Gasteiger partial charge in [-0.25, -0.2) is 14.8 Å². The van der Waals surface area contributed by atoms with Crippen LogP contribution in [0, 0.1) is 5.92 Å². The van der Waals surface area contributed by atoms with Crippen LogP contribution in [0.1, 0.15) is 25.5 Å². The summed E-state index contributed by atoms with van der Waals surface area (Å²) < 4.78 is 0. The van der Waals surface area contributed by atoms with Crippen molar-refractivity contribution in [2.75, 3.05) is 18.1 Å². The monoisotopic (exact) mass is 432 g/mol. The molecule has 2 amide bonds. The topological polar surface area (TPSA) is 160 Å². The van der Waals surface area contributed by atoms with Crippen LogP contribution in [0.5, 0.6) is 0 Å². The lowest BCUT2D eigenvalue weighted by molar-refractivity contribution is -0.150. The minimum absolute atomic E-state index is 0.0283. The number of aromatic nitrogens is 2. The SMILES string of the molecule is CC1=C(C(=O)O)N2C(=O)[C@@H](NC(=O)/C(=N\OCC3CC3)c3ccnc(N)n3)[C@H]2SC1. The summed E-state index contributed by atoms with van der Waals surface area (Å²) in [6.07, 6.45) is 3.50. The number of thioether (sulfide) groups is 1. The number of fused-ring (bicyclic) bond motifs is 1. The number of aliphatic carboxylic acids is 1. The lowest BCUT2D eigenvalue weighted by Gasteiger charge is -2.49. The van der Waals surface area contributed by atoms with Crippen molar-refractivity contribution in [1.29, 1.82) is 0 Å². The number of amides is 2. The lowest BCUT2D eigenvalue weighted by atomic mass is 10.0. The number of carbonyl (C=O) groups is 3. The Labute approximate surface area is 175 Å². The molecule has 1 aromatic heterocycles. The van der Waals surface area contributed by atoms with Crippen LogP contribution >= 0.6 is 11.8 Å². The maximum absolute atomic E-state index is 12.9. The van der Waals surface area contributed by atoms with Crippen LogP contribution in [0.25, 0.3) is 0 Å². The number of hydrogen-bond donors (Lipinski definition) is 3. The first-order valence-electron chi connectivity index (χ1n) is 9.34. The molecule has 0 unspecified atom stereocenters. The molecule has 1 aliphatic carbocycles. The van der Waals surface area contributed by atoms with Crippen LogP contribution < -0.4 is 11.1 Å². The van der Waals surface area contributed by atoms with Crippen LogP contribution in [0.15, 0.2) is 28.7 Å². The van der Waals surface area contributed by atoms with E-state index in [9.17, 15) is 19.5 Å². The number of hydrogen-bond acceptors (Lipinski definition) is 9. The Kier molecular flexibility index (Phi) is 5.33. The van der Waals surface area contributed by atoms with Crippen molar-refractivity contribution < 1.29 is 24.3 Å². The van der Waals surface area contributed by atoms with Gasteiger partial charge >= 0.3 is 5.97 Å². The van der Waals surface area contributed by atoms with Gasteiger partial charge < -0.3 is 21.0 Å². The lowest BCUT2D eigenvalue weighted by Crippen LogP contribution is -2.71. The van der Waals surface area contributed by atoms with E-state index < -0.39 is 29.2 Å². The van der Waals surface area contributed by atoms with Crippen molar-refractivity contribution >= 4 is 41.2 Å². The number of nitrogen functional groups attached to an aromatic ring is 1. The van der Waals surface area contributed by atoms with Gasteiger partial charge in [0.15, 0.2) is 5.71 Å². The van der Waals surface area contributed by atoms with Gasteiger partial charge in [-0.2, -0.15) is 0 Å². The molecule has 3 aliphatic rings. The predicted octanol–water partition coefficient (Wildman–Crippen LogP) is -0.0520. The largest absolute Gasteiger partial charge is 0.477 e. The summed E-state index contributed by atoms with van der Waals surface area (Å²) in [7, 11) is 0. The number of anilines is 1. The third-order valence-corrected chi connectivity index (χ3v) is 6.37. The van der Waals surface area contributed by atoms with Crippen molar-refractivity contribution in [1.82, 2.24) is 20.2 Å². The molecule has 0 spiro atoms. The molecule has 2 aliphatic heterocycles. The van der Waals surface area contributed by atoms with Gasteiger partial charge in [0.2, 0.25) is 5.95 Å². The summed E-state index contributed by atoms with van der Waals surface area (Å²) in [6.45, 7) is 2.06. The van der Waals surface area contributed by atoms with Gasteiger partial charge in [-0.15, -0.1) is 11.8 Å². The molecular weight excluding hydrogens is 412 g/mol. The molecule has 4 N–H and O–H groups in total. The zero-order chi connectivity index (χ0) is 21.4. The van der Waals surface area contributed by atoms with Crippen molar-refractivity contribution in [2.24, 2.45) is 11.1 Å². The number of oxime groups is 1. The summed E-state index contributed by atoms with van der Waals surface area (Å²) in [5.41, 5.74) is 6.23. The molecule has 158 valence electrons. The molecule has 0 aromatic carbocycles. The average molecular weight is 432 g/mol. The third kappa shape index (κ3) is 3.82. The number of carboxylic acid groups (broad SMARTS) is 1. The normalized spacial score (nSPS) is 23.6. The van der Waals surface area contributed by atoms with E-state index in [2.05, 4.69) is 20.4 Å². The van der Waals surface area contributed by atoms with E-state index >= 15 is 0 Å². The van der Waals surface area contributed by atoms with Crippen LogP contribution in [0.4, 0.5) is 5.95 Å². The standard InChI is InChI=1S/C18H20N6O5S/c1-8-7-30-16-12(15(26)24(16)13(8)17(27)28)22-14(25)11(23-29-6-9-2-3-9)10-4-5-20-18(19)21-10/h4-5,9,12,16H,2-3,6-7H2,1H3,(H,22,25)(H,27,28)(H2,19,20,21)/b23-11-/t12-,16-/m1/s1. The van der Waals surface area contributed by atoms with Gasteiger partial charge in [0, 0.05) is 11.9 Å². The van der Waals surface area contributed by atoms with Crippen molar-refractivity contribution in [3.8, 4) is 0 Å². The fraction of sp³-hybridized carbons (Fsp3) is 0.444. The summed E-state index contributed by atoms with van der Waals surface area (Å²) in [5.74, 6) is -1.46. The van der Waals surface area contributed by atoms with Gasteiger partial charge in [0.25, 0.3) is 11.8 Å².